The largest absolute Gasteiger partial charge is 0.338 e. The van der Waals surface area contributed by atoms with Crippen molar-refractivity contribution >= 4 is 22.5 Å². The Bertz CT molecular complexity index is 828. The Morgan fingerprint density at radius 3 is 2.82 bits per heavy atom. The number of anilines is 1. The van der Waals surface area contributed by atoms with E-state index in [1.807, 2.05) is 13.0 Å². The molecule has 0 bridgehead atoms. The molecule has 0 spiro atoms. The van der Waals surface area contributed by atoms with Crippen molar-refractivity contribution in [3.63, 3.8) is 0 Å². The zero-order valence-electron chi connectivity index (χ0n) is 17.4. The van der Waals surface area contributed by atoms with Gasteiger partial charge in [0, 0.05) is 24.2 Å². The summed E-state index contributed by atoms with van der Waals surface area (Å²) in [7, 11) is 2.15. The minimum absolute atomic E-state index is 0.122. The summed E-state index contributed by atoms with van der Waals surface area (Å²) in [6.45, 7) is 10.0. The Morgan fingerprint density at radius 2 is 2.14 bits per heavy atom. The van der Waals surface area contributed by atoms with Crippen molar-refractivity contribution in [3.05, 3.63) is 23.8 Å². The summed E-state index contributed by atoms with van der Waals surface area (Å²) in [5.41, 5.74) is 1.57. The third kappa shape index (κ3) is 5.05. The van der Waals surface area contributed by atoms with Gasteiger partial charge >= 0.3 is 6.03 Å². The van der Waals surface area contributed by atoms with Crippen LogP contribution < -0.4 is 10.6 Å². The summed E-state index contributed by atoms with van der Waals surface area (Å²) >= 11 is 1.44. The number of amides is 2. The molecule has 1 unspecified atom stereocenters. The number of nitrogens with zero attached hydrogens (tertiary/aromatic N) is 4. The lowest BCUT2D eigenvalue weighted by Crippen LogP contribution is -2.34. The Labute approximate surface area is 171 Å². The van der Waals surface area contributed by atoms with E-state index in [4.69, 9.17) is 4.98 Å². The van der Waals surface area contributed by atoms with E-state index in [9.17, 15) is 4.79 Å². The fourth-order valence-electron chi connectivity index (χ4n) is 3.37. The van der Waals surface area contributed by atoms with Crippen LogP contribution in [0.25, 0.3) is 10.6 Å². The Balaban J connectivity index is 1.60. The molecule has 3 heterocycles. The third-order valence-electron chi connectivity index (χ3n) is 5.01. The number of carbonyl (C=O) groups excluding carboxylic acids is 1. The van der Waals surface area contributed by atoms with Gasteiger partial charge in [0.25, 0.3) is 0 Å². The number of thiazole rings is 1. The number of carbonyl (C=O) groups is 1. The fraction of sp³-hybridized carbons (Fsp3) is 0.600. The van der Waals surface area contributed by atoms with Gasteiger partial charge in [-0.1, -0.05) is 32.1 Å². The minimum atomic E-state index is -0.209. The van der Waals surface area contributed by atoms with Crippen molar-refractivity contribution in [2.75, 3.05) is 25.5 Å². The first-order valence-corrected chi connectivity index (χ1v) is 10.6. The molecule has 1 atom stereocenters. The van der Waals surface area contributed by atoms with E-state index in [2.05, 4.69) is 53.3 Å². The second-order valence-electron chi connectivity index (χ2n) is 8.40. The van der Waals surface area contributed by atoms with Crippen molar-refractivity contribution in [3.8, 4) is 10.6 Å². The molecule has 1 aliphatic rings. The van der Waals surface area contributed by atoms with Crippen LogP contribution in [0, 0.1) is 6.92 Å². The molecule has 2 amide bonds. The second-order valence-corrected chi connectivity index (χ2v) is 9.39. The number of likely N-dealkylation sites (tertiary alicyclic amines) is 1. The Hall–Kier alpha value is -2.06. The van der Waals surface area contributed by atoms with Crippen LogP contribution in [0.4, 0.5) is 9.93 Å². The van der Waals surface area contributed by atoms with Crippen LogP contribution >= 0.6 is 11.3 Å². The molecule has 8 heteroatoms. The fourth-order valence-corrected chi connectivity index (χ4v) is 4.30. The summed E-state index contributed by atoms with van der Waals surface area (Å²) in [5, 5.41) is 6.38. The van der Waals surface area contributed by atoms with E-state index in [0.717, 1.165) is 35.1 Å². The lowest BCUT2D eigenvalue weighted by atomic mass is 9.95. The molecular formula is C20H30N6OS. The molecule has 3 rings (SSSR count). The molecule has 0 aromatic carbocycles. The van der Waals surface area contributed by atoms with Gasteiger partial charge in [0.1, 0.15) is 5.82 Å². The number of hydrogen-bond donors (Lipinski definition) is 2. The molecule has 152 valence electrons. The van der Waals surface area contributed by atoms with Gasteiger partial charge in [-0.05, 0) is 45.8 Å². The van der Waals surface area contributed by atoms with E-state index in [1.54, 1.807) is 6.20 Å². The predicted octanol–water partition coefficient (Wildman–Crippen LogP) is 3.81. The van der Waals surface area contributed by atoms with E-state index in [1.165, 1.54) is 24.2 Å². The standard InChI is InChI=1S/C20H30N6OS/c1-13-16(15-9-11-21-17(24-15)20(2,3)4)28-19(23-13)25-18(27)22-10-8-14-7-6-12-26(14)5/h9,11,14H,6-8,10,12H2,1-5H3,(H2,22,23,25,27). The molecule has 1 saturated heterocycles. The van der Waals surface area contributed by atoms with Crippen molar-refractivity contribution in [2.45, 2.75) is 58.4 Å². The smallest absolute Gasteiger partial charge is 0.321 e. The molecule has 1 fully saturated rings. The normalized spacial score (nSPS) is 17.7. The van der Waals surface area contributed by atoms with Crippen LogP contribution in [-0.4, -0.2) is 52.1 Å². The van der Waals surface area contributed by atoms with Gasteiger partial charge in [-0.25, -0.2) is 19.7 Å². The van der Waals surface area contributed by atoms with Crippen LogP contribution in [-0.2, 0) is 5.41 Å². The topological polar surface area (TPSA) is 83.0 Å². The summed E-state index contributed by atoms with van der Waals surface area (Å²) in [6, 6.07) is 2.25. The lowest BCUT2D eigenvalue weighted by Gasteiger charge is -2.19. The highest BCUT2D eigenvalue weighted by molar-refractivity contribution is 7.19. The maximum Gasteiger partial charge on any atom is 0.321 e. The molecule has 2 aromatic rings. The van der Waals surface area contributed by atoms with Gasteiger partial charge < -0.3 is 10.2 Å². The van der Waals surface area contributed by atoms with E-state index < -0.39 is 0 Å². The van der Waals surface area contributed by atoms with Crippen LogP contribution in [0.2, 0.25) is 0 Å². The molecule has 0 saturated carbocycles. The maximum absolute atomic E-state index is 12.2. The summed E-state index contributed by atoms with van der Waals surface area (Å²) in [6.07, 6.45) is 5.21. The lowest BCUT2D eigenvalue weighted by molar-refractivity contribution is 0.248. The van der Waals surface area contributed by atoms with Gasteiger partial charge in [0.15, 0.2) is 5.13 Å². The van der Waals surface area contributed by atoms with E-state index >= 15 is 0 Å². The second kappa shape index (κ2) is 8.53. The van der Waals surface area contributed by atoms with Crippen LogP contribution in [0.15, 0.2) is 12.3 Å². The first-order chi connectivity index (χ1) is 13.2. The molecule has 2 N–H and O–H groups in total. The van der Waals surface area contributed by atoms with Crippen molar-refractivity contribution in [1.29, 1.82) is 0 Å². The maximum atomic E-state index is 12.2. The SMILES string of the molecule is Cc1nc(NC(=O)NCCC2CCCN2C)sc1-c1ccnc(C(C)(C)C)n1. The van der Waals surface area contributed by atoms with E-state index in [0.29, 0.717) is 17.7 Å². The van der Waals surface area contributed by atoms with Gasteiger partial charge in [-0.2, -0.15) is 0 Å². The molecule has 0 radical (unpaired) electrons. The highest BCUT2D eigenvalue weighted by Crippen LogP contribution is 2.32. The number of hydrogen-bond acceptors (Lipinski definition) is 6. The number of aryl methyl sites for hydroxylation is 1. The zero-order valence-corrected chi connectivity index (χ0v) is 18.2. The van der Waals surface area contributed by atoms with Crippen LogP contribution in [0.3, 0.4) is 0 Å². The van der Waals surface area contributed by atoms with Crippen molar-refractivity contribution < 1.29 is 4.79 Å². The highest BCUT2D eigenvalue weighted by Gasteiger charge is 2.21. The average Bonchev–Trinajstić information content (AvgIpc) is 3.20. The summed E-state index contributed by atoms with van der Waals surface area (Å²) < 4.78 is 0. The summed E-state index contributed by atoms with van der Waals surface area (Å²) in [5.74, 6) is 0.793. The molecular weight excluding hydrogens is 372 g/mol. The number of aromatic nitrogens is 3. The zero-order chi connectivity index (χ0) is 20.3. The first kappa shape index (κ1) is 20.7. The van der Waals surface area contributed by atoms with Crippen molar-refractivity contribution in [1.82, 2.24) is 25.2 Å². The van der Waals surface area contributed by atoms with E-state index in [-0.39, 0.29) is 11.4 Å². The monoisotopic (exact) mass is 402 g/mol. The quantitative estimate of drug-likeness (QED) is 0.794. The van der Waals surface area contributed by atoms with Crippen LogP contribution in [0.1, 0.15) is 51.6 Å². The molecule has 1 aliphatic heterocycles. The number of rotatable bonds is 5. The molecule has 2 aromatic heterocycles. The number of nitrogens with one attached hydrogen (secondary N) is 2. The molecule has 0 aliphatic carbocycles. The van der Waals surface area contributed by atoms with Gasteiger partial charge in [-0.3, -0.25) is 5.32 Å². The van der Waals surface area contributed by atoms with Gasteiger partial charge in [0.2, 0.25) is 0 Å². The molecule has 28 heavy (non-hydrogen) atoms. The average molecular weight is 403 g/mol. The molecule has 7 nitrogen and oxygen atoms in total. The first-order valence-electron chi connectivity index (χ1n) is 9.80. The van der Waals surface area contributed by atoms with Crippen molar-refractivity contribution in [2.24, 2.45) is 0 Å². The Morgan fingerprint density at radius 1 is 1.36 bits per heavy atom. The Kier molecular flexibility index (Phi) is 6.30. The minimum Gasteiger partial charge on any atom is -0.338 e. The predicted molar refractivity (Wildman–Crippen MR) is 114 cm³/mol. The van der Waals surface area contributed by atoms with Gasteiger partial charge in [-0.15, -0.1) is 0 Å². The highest BCUT2D eigenvalue weighted by atomic mass is 32.1. The third-order valence-corrected chi connectivity index (χ3v) is 6.11. The number of urea groups is 1. The van der Waals surface area contributed by atoms with Crippen LogP contribution in [0.5, 0.6) is 0 Å². The summed E-state index contributed by atoms with van der Waals surface area (Å²) in [4.78, 5) is 29.1. The van der Waals surface area contributed by atoms with Gasteiger partial charge in [0.05, 0.1) is 16.3 Å².